The van der Waals surface area contributed by atoms with Crippen LogP contribution in [0, 0.1) is 0 Å². The molecule has 0 saturated carbocycles. The van der Waals surface area contributed by atoms with E-state index in [0.717, 1.165) is 19.6 Å². The molecular weight excluding hydrogens is 226 g/mol. The van der Waals surface area contributed by atoms with Crippen LogP contribution in [-0.2, 0) is 0 Å². The van der Waals surface area contributed by atoms with E-state index in [4.69, 9.17) is 0 Å². The summed E-state index contributed by atoms with van der Waals surface area (Å²) in [6.45, 7) is 12.5. The Kier molecular flexibility index (Phi) is 5.89. The maximum atomic E-state index is 9.37. The molecule has 0 amide bonds. The molecule has 4 heteroatoms. The van der Waals surface area contributed by atoms with Gasteiger partial charge in [0.1, 0.15) is 0 Å². The second-order valence-electron chi connectivity index (χ2n) is 5.89. The number of β-amino-alcohol motifs (C(OH)–C–C–N with tert-alkyl or cyclic N) is 1. The third-order valence-corrected chi connectivity index (χ3v) is 4.13. The van der Waals surface area contributed by atoms with Crippen LogP contribution in [0.1, 0.15) is 26.2 Å². The Hall–Kier alpha value is -0.160. The SMILES string of the molecule is CC(O)CN1CCN(CCCN2CCCC2)CC1. The quantitative estimate of drug-likeness (QED) is 0.747. The topological polar surface area (TPSA) is 30.0 Å². The van der Waals surface area contributed by atoms with Crippen molar-refractivity contribution in [2.24, 2.45) is 0 Å². The Labute approximate surface area is 112 Å². The zero-order valence-electron chi connectivity index (χ0n) is 11.9. The molecule has 0 aliphatic carbocycles. The fourth-order valence-corrected chi connectivity index (χ4v) is 3.09. The number of nitrogens with zero attached hydrogens (tertiary/aromatic N) is 3. The lowest BCUT2D eigenvalue weighted by molar-refractivity contribution is 0.0793. The number of rotatable bonds is 6. The number of aliphatic hydroxyl groups excluding tert-OH is 1. The molecule has 0 radical (unpaired) electrons. The summed E-state index contributed by atoms with van der Waals surface area (Å²) in [7, 11) is 0. The molecule has 0 bridgehead atoms. The van der Waals surface area contributed by atoms with Crippen LogP contribution in [0.15, 0.2) is 0 Å². The fourth-order valence-electron chi connectivity index (χ4n) is 3.09. The number of hydrogen-bond donors (Lipinski definition) is 1. The summed E-state index contributed by atoms with van der Waals surface area (Å²) in [6, 6.07) is 0. The van der Waals surface area contributed by atoms with Crippen molar-refractivity contribution in [3.05, 3.63) is 0 Å². The van der Waals surface area contributed by atoms with Gasteiger partial charge in [-0.2, -0.15) is 0 Å². The first-order valence-corrected chi connectivity index (χ1v) is 7.59. The van der Waals surface area contributed by atoms with Gasteiger partial charge in [-0.05, 0) is 52.4 Å². The molecule has 2 heterocycles. The van der Waals surface area contributed by atoms with Gasteiger partial charge in [-0.1, -0.05) is 0 Å². The first-order valence-electron chi connectivity index (χ1n) is 7.59. The highest BCUT2D eigenvalue weighted by molar-refractivity contribution is 4.74. The van der Waals surface area contributed by atoms with Crippen molar-refractivity contribution in [2.45, 2.75) is 32.3 Å². The fraction of sp³-hybridized carbons (Fsp3) is 1.00. The number of piperazine rings is 1. The molecule has 106 valence electrons. The van der Waals surface area contributed by atoms with Gasteiger partial charge in [0.2, 0.25) is 0 Å². The molecule has 1 unspecified atom stereocenters. The van der Waals surface area contributed by atoms with Crippen molar-refractivity contribution in [3.63, 3.8) is 0 Å². The van der Waals surface area contributed by atoms with Gasteiger partial charge in [-0.25, -0.2) is 0 Å². The second-order valence-corrected chi connectivity index (χ2v) is 5.89. The van der Waals surface area contributed by atoms with E-state index in [0.29, 0.717) is 0 Å². The second kappa shape index (κ2) is 7.43. The first kappa shape index (κ1) is 14.3. The van der Waals surface area contributed by atoms with Gasteiger partial charge in [0.25, 0.3) is 0 Å². The molecule has 18 heavy (non-hydrogen) atoms. The smallest absolute Gasteiger partial charge is 0.0639 e. The van der Waals surface area contributed by atoms with Gasteiger partial charge < -0.3 is 14.9 Å². The molecule has 0 aromatic heterocycles. The Morgan fingerprint density at radius 2 is 1.33 bits per heavy atom. The van der Waals surface area contributed by atoms with Crippen LogP contribution in [0.25, 0.3) is 0 Å². The molecule has 2 fully saturated rings. The van der Waals surface area contributed by atoms with E-state index in [-0.39, 0.29) is 6.10 Å². The molecule has 0 aromatic rings. The monoisotopic (exact) mass is 255 g/mol. The normalized spacial score (nSPS) is 25.7. The Morgan fingerprint density at radius 3 is 1.89 bits per heavy atom. The van der Waals surface area contributed by atoms with Crippen LogP contribution in [0.2, 0.25) is 0 Å². The van der Waals surface area contributed by atoms with E-state index < -0.39 is 0 Å². The average molecular weight is 255 g/mol. The lowest BCUT2D eigenvalue weighted by Gasteiger charge is -2.35. The molecule has 2 saturated heterocycles. The number of aliphatic hydroxyl groups is 1. The zero-order chi connectivity index (χ0) is 12.8. The summed E-state index contributed by atoms with van der Waals surface area (Å²) in [4.78, 5) is 7.56. The average Bonchev–Trinajstić information content (AvgIpc) is 2.84. The van der Waals surface area contributed by atoms with E-state index in [1.54, 1.807) is 0 Å². The van der Waals surface area contributed by atoms with Gasteiger partial charge >= 0.3 is 0 Å². The minimum absolute atomic E-state index is 0.188. The molecule has 2 rings (SSSR count). The highest BCUT2D eigenvalue weighted by Gasteiger charge is 2.18. The Balaban J connectivity index is 1.53. The number of hydrogen-bond acceptors (Lipinski definition) is 4. The van der Waals surface area contributed by atoms with Crippen molar-refractivity contribution < 1.29 is 5.11 Å². The third-order valence-electron chi connectivity index (χ3n) is 4.13. The summed E-state index contributed by atoms with van der Waals surface area (Å²) in [5.74, 6) is 0. The van der Waals surface area contributed by atoms with Crippen LogP contribution in [0.5, 0.6) is 0 Å². The molecule has 1 atom stereocenters. The molecule has 4 nitrogen and oxygen atoms in total. The molecular formula is C14H29N3O. The summed E-state index contributed by atoms with van der Waals surface area (Å²) >= 11 is 0. The lowest BCUT2D eigenvalue weighted by atomic mass is 10.2. The molecule has 2 aliphatic rings. The molecule has 1 N–H and O–H groups in total. The maximum Gasteiger partial charge on any atom is 0.0639 e. The Bertz CT molecular complexity index is 221. The predicted molar refractivity (Wildman–Crippen MR) is 74.9 cm³/mol. The van der Waals surface area contributed by atoms with Crippen LogP contribution in [0.4, 0.5) is 0 Å². The van der Waals surface area contributed by atoms with Crippen molar-refractivity contribution in [1.29, 1.82) is 0 Å². The zero-order valence-corrected chi connectivity index (χ0v) is 11.9. The van der Waals surface area contributed by atoms with Crippen molar-refractivity contribution >= 4 is 0 Å². The first-order chi connectivity index (χ1) is 8.74. The third kappa shape index (κ3) is 4.84. The van der Waals surface area contributed by atoms with Gasteiger partial charge in [0.15, 0.2) is 0 Å². The van der Waals surface area contributed by atoms with Crippen LogP contribution >= 0.6 is 0 Å². The van der Waals surface area contributed by atoms with Gasteiger partial charge in [-0.15, -0.1) is 0 Å². The van der Waals surface area contributed by atoms with E-state index in [1.165, 1.54) is 58.5 Å². The highest BCUT2D eigenvalue weighted by Crippen LogP contribution is 2.08. The molecule has 0 aromatic carbocycles. The maximum absolute atomic E-state index is 9.37. The van der Waals surface area contributed by atoms with Gasteiger partial charge in [-0.3, -0.25) is 4.90 Å². The standard InChI is InChI=1S/C14H29N3O/c1-14(18)13-17-11-9-16(10-12-17)8-4-7-15-5-2-3-6-15/h14,18H,2-13H2,1H3. The van der Waals surface area contributed by atoms with E-state index >= 15 is 0 Å². The summed E-state index contributed by atoms with van der Waals surface area (Å²) in [5, 5.41) is 9.37. The summed E-state index contributed by atoms with van der Waals surface area (Å²) < 4.78 is 0. The lowest BCUT2D eigenvalue weighted by Crippen LogP contribution is -2.48. The Morgan fingerprint density at radius 1 is 0.833 bits per heavy atom. The van der Waals surface area contributed by atoms with E-state index in [1.807, 2.05) is 6.92 Å². The highest BCUT2D eigenvalue weighted by atomic mass is 16.3. The van der Waals surface area contributed by atoms with Gasteiger partial charge in [0.05, 0.1) is 6.10 Å². The van der Waals surface area contributed by atoms with E-state index in [2.05, 4.69) is 14.7 Å². The minimum atomic E-state index is -0.188. The molecule has 0 spiro atoms. The van der Waals surface area contributed by atoms with Gasteiger partial charge in [0, 0.05) is 32.7 Å². The summed E-state index contributed by atoms with van der Waals surface area (Å²) in [6.07, 6.45) is 3.93. The largest absolute Gasteiger partial charge is 0.392 e. The predicted octanol–water partition coefficient (Wildman–Crippen LogP) is 0.471. The van der Waals surface area contributed by atoms with Crippen molar-refractivity contribution in [1.82, 2.24) is 14.7 Å². The van der Waals surface area contributed by atoms with E-state index in [9.17, 15) is 5.11 Å². The minimum Gasteiger partial charge on any atom is -0.392 e. The van der Waals surface area contributed by atoms with Crippen molar-refractivity contribution in [2.75, 3.05) is 58.9 Å². The van der Waals surface area contributed by atoms with Crippen molar-refractivity contribution in [3.8, 4) is 0 Å². The van der Waals surface area contributed by atoms with Crippen LogP contribution in [-0.4, -0.2) is 84.8 Å². The molecule has 2 aliphatic heterocycles. The van der Waals surface area contributed by atoms with Crippen LogP contribution < -0.4 is 0 Å². The number of likely N-dealkylation sites (tertiary alicyclic amines) is 1. The van der Waals surface area contributed by atoms with Crippen LogP contribution in [0.3, 0.4) is 0 Å². The summed E-state index contributed by atoms with van der Waals surface area (Å²) in [5.41, 5.74) is 0.